The molecule has 1 rings (SSSR count). The number of likely N-dealkylation sites (tertiary alicyclic amines) is 1. The van der Waals surface area contributed by atoms with E-state index in [-0.39, 0.29) is 0 Å². The van der Waals surface area contributed by atoms with E-state index in [1.165, 1.54) is 38.5 Å². The quantitative estimate of drug-likeness (QED) is 0.599. The van der Waals surface area contributed by atoms with Crippen LogP contribution < -0.4 is 0 Å². The fourth-order valence-corrected chi connectivity index (χ4v) is 2.00. The van der Waals surface area contributed by atoms with Crippen molar-refractivity contribution in [3.05, 3.63) is 0 Å². The molecule has 0 aromatic rings. The van der Waals surface area contributed by atoms with Crippen LogP contribution in [0.2, 0.25) is 0 Å². The van der Waals surface area contributed by atoms with E-state index in [9.17, 15) is 4.79 Å². The molecule has 1 heterocycles. The van der Waals surface area contributed by atoms with E-state index < -0.39 is 0 Å². The molecule has 14 heavy (non-hydrogen) atoms. The van der Waals surface area contributed by atoms with Crippen molar-refractivity contribution < 1.29 is 4.79 Å². The van der Waals surface area contributed by atoms with E-state index in [0.29, 0.717) is 5.91 Å². The Balaban J connectivity index is 2.02. The van der Waals surface area contributed by atoms with Crippen molar-refractivity contribution >= 4 is 5.91 Å². The van der Waals surface area contributed by atoms with Crippen LogP contribution in [0.5, 0.6) is 0 Å². The second-order valence-corrected chi connectivity index (χ2v) is 4.25. The van der Waals surface area contributed by atoms with Gasteiger partial charge in [-0.1, -0.05) is 32.6 Å². The summed E-state index contributed by atoms with van der Waals surface area (Å²) in [5.41, 5.74) is 0. The molecule has 1 amide bonds. The van der Waals surface area contributed by atoms with Gasteiger partial charge in [0, 0.05) is 19.5 Å². The topological polar surface area (TPSA) is 20.3 Å². The van der Waals surface area contributed by atoms with Crippen molar-refractivity contribution in [2.45, 2.75) is 58.3 Å². The summed E-state index contributed by atoms with van der Waals surface area (Å²) in [4.78, 5) is 13.5. The Morgan fingerprint density at radius 1 is 1.14 bits per heavy atom. The highest BCUT2D eigenvalue weighted by Crippen LogP contribution is 2.12. The smallest absolute Gasteiger partial charge is 0.222 e. The van der Waals surface area contributed by atoms with E-state index in [1.807, 2.05) is 0 Å². The number of unbranched alkanes of at least 4 members (excludes halogenated alkanes) is 4. The van der Waals surface area contributed by atoms with Crippen LogP contribution in [0.25, 0.3) is 0 Å². The average Bonchev–Trinajstić information content (AvgIpc) is 2.20. The predicted octanol–water partition coefficient (Wildman–Crippen LogP) is 2.97. The van der Waals surface area contributed by atoms with Crippen LogP contribution >= 0.6 is 0 Å². The summed E-state index contributed by atoms with van der Waals surface area (Å²) in [5.74, 6) is 0.381. The first-order chi connectivity index (χ1) is 6.84. The maximum atomic E-state index is 11.4. The SMILES string of the molecule is CCCCCCCN1CCCCC1=O. The second-order valence-electron chi connectivity index (χ2n) is 4.25. The van der Waals surface area contributed by atoms with Gasteiger partial charge in [-0.05, 0) is 19.3 Å². The zero-order valence-corrected chi connectivity index (χ0v) is 9.43. The third-order valence-electron chi connectivity index (χ3n) is 2.95. The van der Waals surface area contributed by atoms with Crippen molar-refractivity contribution in [2.75, 3.05) is 13.1 Å². The van der Waals surface area contributed by atoms with Crippen molar-refractivity contribution in [3.63, 3.8) is 0 Å². The first-order valence-corrected chi connectivity index (χ1v) is 6.12. The molecule has 0 atom stereocenters. The molecule has 0 saturated carbocycles. The van der Waals surface area contributed by atoms with Crippen molar-refractivity contribution in [1.82, 2.24) is 4.90 Å². The van der Waals surface area contributed by atoms with E-state index in [2.05, 4.69) is 11.8 Å². The maximum Gasteiger partial charge on any atom is 0.222 e. The highest BCUT2D eigenvalue weighted by molar-refractivity contribution is 5.76. The lowest BCUT2D eigenvalue weighted by Crippen LogP contribution is -2.35. The summed E-state index contributed by atoms with van der Waals surface area (Å²) in [6, 6.07) is 0. The number of amides is 1. The Kier molecular flexibility index (Phi) is 5.65. The third-order valence-corrected chi connectivity index (χ3v) is 2.95. The molecule has 1 saturated heterocycles. The van der Waals surface area contributed by atoms with Gasteiger partial charge < -0.3 is 4.90 Å². The minimum absolute atomic E-state index is 0.381. The number of nitrogens with zero attached hydrogens (tertiary/aromatic N) is 1. The normalized spacial score (nSPS) is 17.5. The molecular weight excluding hydrogens is 174 g/mol. The summed E-state index contributed by atoms with van der Waals surface area (Å²) in [6.07, 6.45) is 9.55. The number of rotatable bonds is 6. The predicted molar refractivity (Wildman–Crippen MR) is 59.2 cm³/mol. The molecule has 0 radical (unpaired) electrons. The number of carbonyl (C=O) groups is 1. The lowest BCUT2D eigenvalue weighted by Gasteiger charge is -2.26. The first kappa shape index (κ1) is 11.5. The Labute approximate surface area is 87.7 Å². The molecule has 0 bridgehead atoms. The van der Waals surface area contributed by atoms with Crippen LogP contribution in [0.4, 0.5) is 0 Å². The molecule has 0 N–H and O–H groups in total. The summed E-state index contributed by atoms with van der Waals surface area (Å²) < 4.78 is 0. The largest absolute Gasteiger partial charge is 0.343 e. The number of piperidine rings is 1. The monoisotopic (exact) mass is 197 g/mol. The van der Waals surface area contributed by atoms with Gasteiger partial charge in [-0.25, -0.2) is 0 Å². The Hall–Kier alpha value is -0.530. The Morgan fingerprint density at radius 2 is 1.93 bits per heavy atom. The van der Waals surface area contributed by atoms with Gasteiger partial charge in [-0.3, -0.25) is 4.79 Å². The summed E-state index contributed by atoms with van der Waals surface area (Å²) >= 11 is 0. The zero-order chi connectivity index (χ0) is 10.2. The number of hydrogen-bond acceptors (Lipinski definition) is 1. The molecule has 0 unspecified atom stereocenters. The molecule has 2 heteroatoms. The molecule has 0 aliphatic carbocycles. The van der Waals surface area contributed by atoms with E-state index in [1.54, 1.807) is 0 Å². The molecule has 1 aliphatic heterocycles. The van der Waals surface area contributed by atoms with Crippen molar-refractivity contribution in [3.8, 4) is 0 Å². The standard InChI is InChI=1S/C12H23NO/c1-2-3-4-5-7-10-13-11-8-6-9-12(13)14/h2-11H2,1H3. The molecule has 2 nitrogen and oxygen atoms in total. The lowest BCUT2D eigenvalue weighted by atomic mass is 10.1. The molecule has 82 valence electrons. The van der Waals surface area contributed by atoms with Crippen LogP contribution in [-0.4, -0.2) is 23.9 Å². The fraction of sp³-hybridized carbons (Fsp3) is 0.917. The maximum absolute atomic E-state index is 11.4. The number of hydrogen-bond donors (Lipinski definition) is 0. The molecular formula is C12H23NO. The van der Waals surface area contributed by atoms with Crippen molar-refractivity contribution in [1.29, 1.82) is 0 Å². The molecule has 1 aliphatic rings. The summed E-state index contributed by atoms with van der Waals surface area (Å²) in [6.45, 7) is 4.24. The summed E-state index contributed by atoms with van der Waals surface area (Å²) in [5, 5.41) is 0. The lowest BCUT2D eigenvalue weighted by molar-refractivity contribution is -0.133. The van der Waals surface area contributed by atoms with E-state index in [0.717, 1.165) is 25.9 Å². The van der Waals surface area contributed by atoms with Gasteiger partial charge >= 0.3 is 0 Å². The molecule has 0 aromatic heterocycles. The number of carbonyl (C=O) groups excluding carboxylic acids is 1. The van der Waals surface area contributed by atoms with Crippen LogP contribution in [0, 0.1) is 0 Å². The van der Waals surface area contributed by atoms with Gasteiger partial charge in [0.25, 0.3) is 0 Å². The zero-order valence-electron chi connectivity index (χ0n) is 9.43. The highest BCUT2D eigenvalue weighted by Gasteiger charge is 2.16. The van der Waals surface area contributed by atoms with Crippen LogP contribution in [0.15, 0.2) is 0 Å². The molecule has 0 spiro atoms. The van der Waals surface area contributed by atoms with Crippen LogP contribution in [-0.2, 0) is 4.79 Å². The minimum atomic E-state index is 0.381. The second kappa shape index (κ2) is 6.86. The van der Waals surface area contributed by atoms with E-state index >= 15 is 0 Å². The third kappa shape index (κ3) is 4.12. The van der Waals surface area contributed by atoms with Gasteiger partial charge in [0.15, 0.2) is 0 Å². The fourth-order valence-electron chi connectivity index (χ4n) is 2.00. The van der Waals surface area contributed by atoms with E-state index in [4.69, 9.17) is 0 Å². The van der Waals surface area contributed by atoms with Crippen molar-refractivity contribution in [2.24, 2.45) is 0 Å². The first-order valence-electron chi connectivity index (χ1n) is 6.12. The Morgan fingerprint density at radius 3 is 2.64 bits per heavy atom. The van der Waals surface area contributed by atoms with Crippen LogP contribution in [0.1, 0.15) is 58.3 Å². The van der Waals surface area contributed by atoms with Gasteiger partial charge in [0.2, 0.25) is 5.91 Å². The van der Waals surface area contributed by atoms with Gasteiger partial charge in [0.05, 0.1) is 0 Å². The van der Waals surface area contributed by atoms with Gasteiger partial charge in [-0.2, -0.15) is 0 Å². The summed E-state index contributed by atoms with van der Waals surface area (Å²) in [7, 11) is 0. The minimum Gasteiger partial charge on any atom is -0.343 e. The molecule has 0 aromatic carbocycles. The van der Waals surface area contributed by atoms with Crippen LogP contribution in [0.3, 0.4) is 0 Å². The Bertz CT molecular complexity index is 168. The molecule has 1 fully saturated rings. The van der Waals surface area contributed by atoms with Gasteiger partial charge in [-0.15, -0.1) is 0 Å². The highest BCUT2D eigenvalue weighted by atomic mass is 16.2. The average molecular weight is 197 g/mol. The van der Waals surface area contributed by atoms with Gasteiger partial charge in [0.1, 0.15) is 0 Å².